The van der Waals surface area contributed by atoms with E-state index in [0.717, 1.165) is 16.1 Å². The Hall–Kier alpha value is -2.47. The van der Waals surface area contributed by atoms with Gasteiger partial charge in [-0.1, -0.05) is 43.3 Å². The molecule has 0 saturated heterocycles. The topological polar surface area (TPSA) is 68.0 Å². The number of aromatic nitrogens is 2. The Labute approximate surface area is 144 Å². The number of rotatable bonds is 6. The van der Waals surface area contributed by atoms with Crippen molar-refractivity contribution in [2.45, 2.75) is 26.7 Å². The molecule has 5 nitrogen and oxygen atoms in total. The van der Waals surface area contributed by atoms with E-state index < -0.39 is 0 Å². The summed E-state index contributed by atoms with van der Waals surface area (Å²) in [7, 11) is 0. The summed E-state index contributed by atoms with van der Waals surface area (Å²) in [5, 5.41) is 8.97. The highest BCUT2D eigenvalue weighted by atomic mass is 32.1. The second-order valence-electron chi connectivity index (χ2n) is 5.97. The molecule has 0 bridgehead atoms. The van der Waals surface area contributed by atoms with Crippen LogP contribution in [0.1, 0.15) is 31.7 Å². The summed E-state index contributed by atoms with van der Waals surface area (Å²) in [5.41, 5.74) is 1.75. The largest absolute Gasteiger partial charge is 0.339 e. The molecule has 6 heteroatoms. The molecule has 0 radical (unpaired) electrons. The van der Waals surface area contributed by atoms with E-state index in [9.17, 15) is 4.79 Å². The van der Waals surface area contributed by atoms with Crippen molar-refractivity contribution in [3.8, 4) is 10.7 Å². The molecular formula is C18H19N3O2S. The summed E-state index contributed by atoms with van der Waals surface area (Å²) in [6, 6.07) is 11.6. The molecule has 0 atom stereocenters. The number of carbonyl (C=O) groups excluding carboxylic acids is 1. The Morgan fingerprint density at radius 3 is 2.83 bits per heavy atom. The van der Waals surface area contributed by atoms with E-state index in [-0.39, 0.29) is 5.91 Å². The number of anilines is 1. The Morgan fingerprint density at radius 1 is 1.25 bits per heavy atom. The van der Waals surface area contributed by atoms with Crippen LogP contribution in [0.15, 0.2) is 46.3 Å². The second kappa shape index (κ2) is 7.40. The first-order chi connectivity index (χ1) is 11.6. The van der Waals surface area contributed by atoms with Gasteiger partial charge in [-0.15, -0.1) is 11.3 Å². The molecule has 1 aromatic carbocycles. The van der Waals surface area contributed by atoms with E-state index in [1.165, 1.54) is 0 Å². The van der Waals surface area contributed by atoms with E-state index in [4.69, 9.17) is 4.52 Å². The summed E-state index contributed by atoms with van der Waals surface area (Å²) in [6.45, 7) is 4.05. The quantitative estimate of drug-likeness (QED) is 0.723. The number of amides is 1. The molecule has 0 fully saturated rings. The first kappa shape index (κ1) is 16.4. The molecule has 2 aromatic heterocycles. The van der Waals surface area contributed by atoms with Gasteiger partial charge in [0, 0.05) is 12.1 Å². The van der Waals surface area contributed by atoms with Crippen LogP contribution < -0.4 is 5.32 Å². The average molecular weight is 341 g/mol. The highest BCUT2D eigenvalue weighted by molar-refractivity contribution is 7.13. The third-order valence-corrected chi connectivity index (χ3v) is 4.30. The van der Waals surface area contributed by atoms with Gasteiger partial charge in [0.1, 0.15) is 0 Å². The fourth-order valence-corrected chi connectivity index (χ4v) is 3.01. The van der Waals surface area contributed by atoms with Gasteiger partial charge in [0.05, 0.1) is 11.3 Å². The van der Waals surface area contributed by atoms with E-state index in [1.807, 2.05) is 55.6 Å². The first-order valence-corrected chi connectivity index (χ1v) is 8.74. The highest BCUT2D eigenvalue weighted by Crippen LogP contribution is 2.24. The van der Waals surface area contributed by atoms with Gasteiger partial charge in [-0.3, -0.25) is 4.79 Å². The number of para-hydroxylation sites is 1. The number of nitrogens with one attached hydrogen (secondary N) is 1. The highest BCUT2D eigenvalue weighted by Gasteiger charge is 2.13. The van der Waals surface area contributed by atoms with E-state index in [2.05, 4.69) is 15.5 Å². The smallest absolute Gasteiger partial charge is 0.231 e. The maximum absolute atomic E-state index is 12.0. The molecule has 2 heterocycles. The zero-order valence-electron chi connectivity index (χ0n) is 13.7. The van der Waals surface area contributed by atoms with Gasteiger partial charge in [-0.25, -0.2) is 0 Å². The fraction of sp³-hybridized carbons (Fsp3) is 0.278. The Morgan fingerprint density at radius 2 is 2.08 bits per heavy atom. The SMILES string of the molecule is CC(C)CC(=O)Nc1ccccc1Cc1nc(-c2cccs2)no1. The van der Waals surface area contributed by atoms with Gasteiger partial charge in [0.15, 0.2) is 0 Å². The summed E-state index contributed by atoms with van der Waals surface area (Å²) in [5.74, 6) is 1.47. The molecule has 24 heavy (non-hydrogen) atoms. The Kier molecular flexibility index (Phi) is 5.05. The number of hydrogen-bond acceptors (Lipinski definition) is 5. The lowest BCUT2D eigenvalue weighted by Gasteiger charge is -2.10. The molecule has 0 spiro atoms. The van der Waals surface area contributed by atoms with Gasteiger partial charge >= 0.3 is 0 Å². The van der Waals surface area contributed by atoms with Crippen molar-refractivity contribution in [3.05, 3.63) is 53.2 Å². The van der Waals surface area contributed by atoms with Crippen LogP contribution in [0.25, 0.3) is 10.7 Å². The first-order valence-electron chi connectivity index (χ1n) is 7.86. The van der Waals surface area contributed by atoms with Gasteiger partial charge in [-0.2, -0.15) is 4.98 Å². The van der Waals surface area contributed by atoms with Gasteiger partial charge in [-0.05, 0) is 29.0 Å². The Balaban J connectivity index is 1.75. The van der Waals surface area contributed by atoms with Crippen molar-refractivity contribution >= 4 is 22.9 Å². The van der Waals surface area contributed by atoms with Crippen LogP contribution in [0, 0.1) is 5.92 Å². The molecular weight excluding hydrogens is 322 g/mol. The van der Waals surface area contributed by atoms with Crippen molar-refractivity contribution < 1.29 is 9.32 Å². The van der Waals surface area contributed by atoms with Crippen LogP contribution in [0.3, 0.4) is 0 Å². The third kappa shape index (κ3) is 4.08. The standard InChI is InChI=1S/C18H19N3O2S/c1-12(2)10-16(22)19-14-7-4-3-6-13(14)11-17-20-18(21-23-17)15-8-5-9-24-15/h3-9,12H,10-11H2,1-2H3,(H,19,22). The average Bonchev–Trinajstić information content (AvgIpc) is 3.19. The third-order valence-electron chi connectivity index (χ3n) is 3.44. The maximum Gasteiger partial charge on any atom is 0.231 e. The summed E-state index contributed by atoms with van der Waals surface area (Å²) in [4.78, 5) is 17.4. The van der Waals surface area contributed by atoms with Crippen molar-refractivity contribution in [2.24, 2.45) is 5.92 Å². The predicted octanol–water partition coefficient (Wildman–Crippen LogP) is 4.37. The molecule has 0 unspecified atom stereocenters. The Bertz CT molecular complexity index is 809. The second-order valence-corrected chi connectivity index (χ2v) is 6.92. The van der Waals surface area contributed by atoms with Crippen LogP contribution in [0.4, 0.5) is 5.69 Å². The predicted molar refractivity (Wildman–Crippen MR) is 94.9 cm³/mol. The lowest BCUT2D eigenvalue weighted by Crippen LogP contribution is -2.15. The van der Waals surface area contributed by atoms with Crippen molar-refractivity contribution in [1.29, 1.82) is 0 Å². The van der Waals surface area contributed by atoms with Crippen molar-refractivity contribution in [1.82, 2.24) is 10.1 Å². The van der Waals surface area contributed by atoms with Crippen LogP contribution in [0.2, 0.25) is 0 Å². The molecule has 0 aliphatic carbocycles. The minimum atomic E-state index is 0.0160. The van der Waals surface area contributed by atoms with E-state index in [1.54, 1.807) is 11.3 Å². The van der Waals surface area contributed by atoms with Crippen LogP contribution in [-0.4, -0.2) is 16.0 Å². The number of benzene rings is 1. The van der Waals surface area contributed by atoms with Crippen molar-refractivity contribution in [2.75, 3.05) is 5.32 Å². The molecule has 0 saturated carbocycles. The normalized spacial score (nSPS) is 11.0. The molecule has 3 aromatic rings. The summed E-state index contributed by atoms with van der Waals surface area (Å²) in [6.07, 6.45) is 0.980. The van der Waals surface area contributed by atoms with Gasteiger partial charge in [0.2, 0.25) is 17.6 Å². The molecule has 3 rings (SSSR count). The van der Waals surface area contributed by atoms with Gasteiger partial charge in [0.25, 0.3) is 0 Å². The lowest BCUT2D eigenvalue weighted by molar-refractivity contribution is -0.116. The minimum Gasteiger partial charge on any atom is -0.339 e. The van der Waals surface area contributed by atoms with E-state index in [0.29, 0.717) is 30.5 Å². The monoisotopic (exact) mass is 341 g/mol. The van der Waals surface area contributed by atoms with Gasteiger partial charge < -0.3 is 9.84 Å². The zero-order chi connectivity index (χ0) is 16.9. The zero-order valence-corrected chi connectivity index (χ0v) is 14.5. The van der Waals surface area contributed by atoms with E-state index >= 15 is 0 Å². The van der Waals surface area contributed by atoms with Crippen LogP contribution in [-0.2, 0) is 11.2 Å². The number of carbonyl (C=O) groups is 1. The van der Waals surface area contributed by atoms with Crippen LogP contribution >= 0.6 is 11.3 Å². The molecule has 0 aliphatic rings. The summed E-state index contributed by atoms with van der Waals surface area (Å²) < 4.78 is 5.35. The lowest BCUT2D eigenvalue weighted by atomic mass is 10.1. The molecule has 124 valence electrons. The fourth-order valence-electron chi connectivity index (χ4n) is 2.36. The number of hydrogen-bond donors (Lipinski definition) is 1. The van der Waals surface area contributed by atoms with Crippen molar-refractivity contribution in [3.63, 3.8) is 0 Å². The number of thiophene rings is 1. The maximum atomic E-state index is 12.0. The number of nitrogens with zero attached hydrogens (tertiary/aromatic N) is 2. The minimum absolute atomic E-state index is 0.0160. The van der Waals surface area contributed by atoms with Crippen LogP contribution in [0.5, 0.6) is 0 Å². The molecule has 0 aliphatic heterocycles. The summed E-state index contributed by atoms with van der Waals surface area (Å²) >= 11 is 1.57. The molecule has 1 N–H and O–H groups in total. The molecule has 1 amide bonds.